The van der Waals surface area contributed by atoms with Crippen LogP contribution in [0.1, 0.15) is 18.4 Å². The predicted molar refractivity (Wildman–Crippen MR) is 80.2 cm³/mol. The average molecular weight is 402 g/mol. The third kappa shape index (κ3) is 4.56. The summed E-state index contributed by atoms with van der Waals surface area (Å²) in [6.45, 7) is 0.560. The highest BCUT2D eigenvalue weighted by Crippen LogP contribution is 2.37. The molecule has 0 radical (unpaired) electrons. The molecule has 1 aliphatic heterocycles. The number of nitrogens with zero attached hydrogens (tertiary/aromatic N) is 2. The van der Waals surface area contributed by atoms with E-state index in [4.69, 9.17) is 0 Å². The van der Waals surface area contributed by atoms with Crippen molar-refractivity contribution in [3.63, 3.8) is 0 Å². The Kier molecular flexibility index (Phi) is 5.03. The Morgan fingerprint density at radius 1 is 1.45 bits per heavy atom. The summed E-state index contributed by atoms with van der Waals surface area (Å²) in [6, 6.07) is 0.561. The molecule has 2 rings (SSSR count). The van der Waals surface area contributed by atoms with E-state index in [-0.39, 0.29) is 16.8 Å². The molecule has 0 amide bonds. The normalized spacial score (nSPS) is 20.2. The van der Waals surface area contributed by atoms with E-state index in [9.17, 15) is 21.6 Å². The zero-order chi connectivity index (χ0) is 16.5. The van der Waals surface area contributed by atoms with Crippen LogP contribution in [-0.4, -0.2) is 38.8 Å². The largest absolute Gasteiger partial charge is 0.419 e. The summed E-state index contributed by atoms with van der Waals surface area (Å²) >= 11 is 2.99. The lowest BCUT2D eigenvalue weighted by molar-refractivity contribution is -0.137. The number of hydrogen-bond donors (Lipinski definition) is 1. The van der Waals surface area contributed by atoms with E-state index >= 15 is 0 Å². The number of pyridine rings is 1. The number of nitrogens with one attached hydrogen (secondary N) is 1. The topological polar surface area (TPSA) is 62.3 Å². The Morgan fingerprint density at radius 2 is 2.14 bits per heavy atom. The fraction of sp³-hybridized carbons (Fsp3) is 0.583. The van der Waals surface area contributed by atoms with Gasteiger partial charge in [0.15, 0.2) is 0 Å². The van der Waals surface area contributed by atoms with E-state index in [1.54, 1.807) is 0 Å². The molecule has 1 aliphatic rings. The molecule has 0 aliphatic carbocycles. The fourth-order valence-corrected chi connectivity index (χ4v) is 3.59. The second kappa shape index (κ2) is 6.32. The van der Waals surface area contributed by atoms with Gasteiger partial charge in [0, 0.05) is 29.8 Å². The number of sulfonamides is 1. The molecular weight excluding hydrogens is 387 g/mol. The van der Waals surface area contributed by atoms with Crippen LogP contribution in [0.4, 0.5) is 19.0 Å². The Morgan fingerprint density at radius 3 is 2.73 bits per heavy atom. The maximum absolute atomic E-state index is 13.2. The number of piperidine rings is 1. The number of anilines is 1. The van der Waals surface area contributed by atoms with Gasteiger partial charge in [0.1, 0.15) is 5.82 Å². The van der Waals surface area contributed by atoms with Gasteiger partial charge in [0.25, 0.3) is 0 Å². The van der Waals surface area contributed by atoms with E-state index < -0.39 is 27.8 Å². The van der Waals surface area contributed by atoms with Crippen molar-refractivity contribution < 1.29 is 21.6 Å². The molecule has 5 nitrogen and oxygen atoms in total. The Balaban J connectivity index is 2.28. The molecule has 0 spiro atoms. The van der Waals surface area contributed by atoms with Crippen LogP contribution in [-0.2, 0) is 16.2 Å². The molecule has 0 saturated carbocycles. The standard InChI is InChI=1S/C12H15BrF3N3O2S/c1-22(20,21)18-9-3-2-4-19(7-9)11-10(12(14,15)16)5-8(13)6-17-11/h5-6,9,18H,2-4,7H2,1H3. The summed E-state index contributed by atoms with van der Waals surface area (Å²) in [5, 5.41) is 0. The minimum absolute atomic E-state index is 0.158. The lowest BCUT2D eigenvalue weighted by atomic mass is 10.1. The highest BCUT2D eigenvalue weighted by atomic mass is 79.9. The van der Waals surface area contributed by atoms with E-state index in [0.717, 1.165) is 12.3 Å². The number of halogens is 4. The van der Waals surface area contributed by atoms with E-state index in [1.165, 1.54) is 11.1 Å². The summed E-state index contributed by atoms with van der Waals surface area (Å²) in [7, 11) is -3.40. The van der Waals surface area contributed by atoms with Gasteiger partial charge in [-0.05, 0) is 34.8 Å². The molecule has 1 aromatic heterocycles. The quantitative estimate of drug-likeness (QED) is 0.844. The van der Waals surface area contributed by atoms with Crippen molar-refractivity contribution in [2.75, 3.05) is 24.2 Å². The highest BCUT2D eigenvalue weighted by molar-refractivity contribution is 9.10. The van der Waals surface area contributed by atoms with Crippen LogP contribution < -0.4 is 9.62 Å². The number of rotatable bonds is 3. The lowest BCUT2D eigenvalue weighted by Crippen LogP contribution is -2.48. The van der Waals surface area contributed by atoms with Crippen molar-refractivity contribution in [3.05, 3.63) is 22.3 Å². The molecule has 0 aromatic carbocycles. The van der Waals surface area contributed by atoms with Gasteiger partial charge >= 0.3 is 6.18 Å². The maximum atomic E-state index is 13.2. The Labute approximate surface area is 135 Å². The Hall–Kier alpha value is -0.870. The van der Waals surface area contributed by atoms with Gasteiger partial charge in [-0.3, -0.25) is 0 Å². The van der Waals surface area contributed by atoms with Crippen molar-refractivity contribution in [1.29, 1.82) is 0 Å². The van der Waals surface area contributed by atoms with Crippen molar-refractivity contribution in [1.82, 2.24) is 9.71 Å². The van der Waals surface area contributed by atoms with Gasteiger partial charge in [-0.2, -0.15) is 13.2 Å². The molecule has 1 atom stereocenters. The summed E-state index contributed by atoms with van der Waals surface area (Å²) in [4.78, 5) is 5.35. The first-order chi connectivity index (χ1) is 10.1. The lowest BCUT2D eigenvalue weighted by Gasteiger charge is -2.34. The average Bonchev–Trinajstić information content (AvgIpc) is 2.36. The van der Waals surface area contributed by atoms with Crippen LogP contribution in [0.3, 0.4) is 0 Å². The number of aromatic nitrogens is 1. The Bertz CT molecular complexity index is 652. The second-order valence-electron chi connectivity index (χ2n) is 5.20. The molecule has 0 bridgehead atoms. The van der Waals surface area contributed by atoms with Crippen molar-refractivity contribution in [3.8, 4) is 0 Å². The maximum Gasteiger partial charge on any atom is 0.419 e. The molecule has 10 heteroatoms. The van der Waals surface area contributed by atoms with Crippen LogP contribution in [0, 0.1) is 0 Å². The third-order valence-electron chi connectivity index (χ3n) is 3.24. The number of hydrogen-bond acceptors (Lipinski definition) is 4. The SMILES string of the molecule is CS(=O)(=O)NC1CCCN(c2ncc(Br)cc2C(F)(F)F)C1. The monoisotopic (exact) mass is 401 g/mol. The van der Waals surface area contributed by atoms with Gasteiger partial charge in [0.05, 0.1) is 11.8 Å². The van der Waals surface area contributed by atoms with Crippen molar-refractivity contribution >= 4 is 31.8 Å². The van der Waals surface area contributed by atoms with E-state index in [2.05, 4.69) is 25.6 Å². The van der Waals surface area contributed by atoms with Crippen LogP contribution in [0.15, 0.2) is 16.7 Å². The molecular formula is C12H15BrF3N3O2S. The summed E-state index contributed by atoms with van der Waals surface area (Å²) in [5.74, 6) is -0.171. The molecule has 124 valence electrons. The van der Waals surface area contributed by atoms with Crippen LogP contribution >= 0.6 is 15.9 Å². The first-order valence-corrected chi connectivity index (χ1v) is 9.20. The minimum Gasteiger partial charge on any atom is -0.355 e. The summed E-state index contributed by atoms with van der Waals surface area (Å²) in [5.41, 5.74) is -0.832. The smallest absolute Gasteiger partial charge is 0.355 e. The van der Waals surface area contributed by atoms with Gasteiger partial charge < -0.3 is 4.90 Å². The summed E-state index contributed by atoms with van der Waals surface area (Å²) in [6.07, 6.45) is -1.02. The van der Waals surface area contributed by atoms with Crippen LogP contribution in [0.25, 0.3) is 0 Å². The predicted octanol–water partition coefficient (Wildman–Crippen LogP) is 2.38. The molecule has 1 saturated heterocycles. The highest BCUT2D eigenvalue weighted by Gasteiger charge is 2.37. The first-order valence-electron chi connectivity index (χ1n) is 6.51. The van der Waals surface area contributed by atoms with E-state index in [0.29, 0.717) is 19.4 Å². The molecule has 1 fully saturated rings. The third-order valence-corrected chi connectivity index (χ3v) is 4.44. The van der Waals surface area contributed by atoms with Crippen LogP contribution in [0.5, 0.6) is 0 Å². The molecule has 1 N–H and O–H groups in total. The fourth-order valence-electron chi connectivity index (χ4n) is 2.46. The molecule has 1 aromatic rings. The van der Waals surface area contributed by atoms with Gasteiger partial charge in [-0.15, -0.1) is 0 Å². The van der Waals surface area contributed by atoms with E-state index in [1.807, 2.05) is 0 Å². The number of alkyl halides is 3. The second-order valence-corrected chi connectivity index (χ2v) is 7.89. The van der Waals surface area contributed by atoms with Crippen molar-refractivity contribution in [2.24, 2.45) is 0 Å². The van der Waals surface area contributed by atoms with Crippen molar-refractivity contribution in [2.45, 2.75) is 25.1 Å². The summed E-state index contributed by atoms with van der Waals surface area (Å²) < 4.78 is 64.7. The molecule has 22 heavy (non-hydrogen) atoms. The van der Waals surface area contributed by atoms with Gasteiger partial charge in [-0.1, -0.05) is 0 Å². The van der Waals surface area contributed by atoms with Gasteiger partial charge in [0.2, 0.25) is 10.0 Å². The first kappa shape index (κ1) is 17.5. The van der Waals surface area contributed by atoms with Crippen LogP contribution in [0.2, 0.25) is 0 Å². The molecule has 2 heterocycles. The zero-order valence-corrected chi connectivity index (χ0v) is 14.1. The van der Waals surface area contributed by atoms with Gasteiger partial charge in [-0.25, -0.2) is 18.1 Å². The molecule has 1 unspecified atom stereocenters. The minimum atomic E-state index is -4.52. The zero-order valence-electron chi connectivity index (χ0n) is 11.7.